The van der Waals surface area contributed by atoms with Crippen molar-refractivity contribution in [2.75, 3.05) is 19.6 Å². The number of fused-ring (bicyclic) bond motifs is 2. The van der Waals surface area contributed by atoms with Crippen LogP contribution in [-0.4, -0.2) is 39.5 Å². The molecule has 32 heavy (non-hydrogen) atoms. The van der Waals surface area contributed by atoms with Gasteiger partial charge in [0, 0.05) is 23.3 Å². The smallest absolute Gasteiger partial charge is 0.0923 e. The number of rotatable bonds is 7. The number of H-pyrrole nitrogens is 1. The Bertz CT molecular complexity index is 1010. The predicted octanol–water partition coefficient (Wildman–Crippen LogP) is 5.81. The number of hydrogen-bond donors (Lipinski definition) is 1. The maximum atomic E-state index is 6.37. The second-order valence-electron chi connectivity index (χ2n) is 9.42. The van der Waals surface area contributed by atoms with Crippen LogP contribution in [0.25, 0.3) is 0 Å². The highest BCUT2D eigenvalue weighted by Gasteiger charge is 2.33. The fraction of sp³-hybridized carbons (Fsp3) is 0.481. The van der Waals surface area contributed by atoms with E-state index < -0.39 is 0 Å². The first kappa shape index (κ1) is 21.7. The summed E-state index contributed by atoms with van der Waals surface area (Å²) in [6, 6.07) is 10.9. The van der Waals surface area contributed by atoms with Gasteiger partial charge < -0.3 is 9.88 Å². The molecule has 0 saturated carbocycles. The Kier molecular flexibility index (Phi) is 6.89. The number of unbranched alkanes of at least 4 members (excludes halogenated alkanes) is 2. The quantitative estimate of drug-likeness (QED) is 0.463. The average molecular weight is 449 g/mol. The predicted molar refractivity (Wildman–Crippen MR) is 130 cm³/mol. The first-order valence-electron chi connectivity index (χ1n) is 12.2. The Morgan fingerprint density at radius 1 is 1.00 bits per heavy atom. The molecule has 1 saturated heterocycles. The molecule has 2 aromatic heterocycles. The lowest BCUT2D eigenvalue weighted by molar-refractivity contribution is 0.171. The molecule has 5 heteroatoms. The maximum Gasteiger partial charge on any atom is 0.0923 e. The Balaban J connectivity index is 1.20. The minimum absolute atomic E-state index is 0.400. The summed E-state index contributed by atoms with van der Waals surface area (Å²) in [6.07, 6.45) is 15.2. The zero-order valence-electron chi connectivity index (χ0n) is 18.8. The van der Waals surface area contributed by atoms with Crippen molar-refractivity contribution in [3.05, 3.63) is 82.2 Å². The number of aromatic amines is 1. The highest BCUT2D eigenvalue weighted by Crippen LogP contribution is 2.42. The van der Waals surface area contributed by atoms with Crippen LogP contribution in [0.15, 0.2) is 49.1 Å². The summed E-state index contributed by atoms with van der Waals surface area (Å²) in [5, 5.41) is 0.850. The SMILES string of the molecule is Clc1ccc2c(c1)CCc1cccnc1C2C1CCN(CCCCCc2c[nH]cn2)CC1. The lowest BCUT2D eigenvalue weighted by Crippen LogP contribution is -2.36. The van der Waals surface area contributed by atoms with Crippen LogP contribution < -0.4 is 0 Å². The van der Waals surface area contributed by atoms with Crippen LogP contribution in [0.5, 0.6) is 0 Å². The molecular weight excluding hydrogens is 416 g/mol. The zero-order valence-corrected chi connectivity index (χ0v) is 19.5. The molecule has 0 spiro atoms. The molecule has 1 aromatic carbocycles. The number of benzene rings is 1. The van der Waals surface area contributed by atoms with Crippen LogP contribution in [0.2, 0.25) is 5.02 Å². The van der Waals surface area contributed by atoms with Crippen LogP contribution >= 0.6 is 11.6 Å². The van der Waals surface area contributed by atoms with E-state index in [4.69, 9.17) is 16.6 Å². The number of piperidine rings is 1. The Morgan fingerprint density at radius 2 is 1.88 bits per heavy atom. The third-order valence-corrected chi connectivity index (χ3v) is 7.63. The van der Waals surface area contributed by atoms with Gasteiger partial charge in [-0.05, 0) is 105 Å². The van der Waals surface area contributed by atoms with Gasteiger partial charge in [-0.3, -0.25) is 4.98 Å². The summed E-state index contributed by atoms with van der Waals surface area (Å²) >= 11 is 6.37. The number of nitrogens with zero attached hydrogens (tertiary/aromatic N) is 3. The molecule has 1 atom stereocenters. The van der Waals surface area contributed by atoms with Gasteiger partial charge in [0.2, 0.25) is 0 Å². The highest BCUT2D eigenvalue weighted by molar-refractivity contribution is 6.30. The van der Waals surface area contributed by atoms with Gasteiger partial charge in [-0.15, -0.1) is 0 Å². The zero-order chi connectivity index (χ0) is 21.8. The fourth-order valence-corrected chi connectivity index (χ4v) is 5.88. The second-order valence-corrected chi connectivity index (χ2v) is 9.86. The van der Waals surface area contributed by atoms with Crippen molar-refractivity contribution in [2.24, 2.45) is 5.92 Å². The lowest BCUT2D eigenvalue weighted by Gasteiger charge is -2.36. The van der Waals surface area contributed by atoms with Gasteiger partial charge in [-0.1, -0.05) is 30.2 Å². The minimum atomic E-state index is 0.400. The van der Waals surface area contributed by atoms with Gasteiger partial charge in [0.25, 0.3) is 0 Å². The van der Waals surface area contributed by atoms with Crippen molar-refractivity contribution in [1.29, 1.82) is 0 Å². The van der Waals surface area contributed by atoms with Gasteiger partial charge in [0.15, 0.2) is 0 Å². The topological polar surface area (TPSA) is 44.8 Å². The van der Waals surface area contributed by atoms with Gasteiger partial charge in [0.1, 0.15) is 0 Å². The molecule has 3 heterocycles. The average Bonchev–Trinajstić information content (AvgIpc) is 3.28. The van der Waals surface area contributed by atoms with E-state index in [9.17, 15) is 0 Å². The molecule has 0 bridgehead atoms. The summed E-state index contributed by atoms with van der Waals surface area (Å²) in [7, 11) is 0. The van der Waals surface area contributed by atoms with E-state index in [1.807, 2.05) is 12.4 Å². The Morgan fingerprint density at radius 3 is 2.72 bits per heavy atom. The van der Waals surface area contributed by atoms with Crippen LogP contribution in [0, 0.1) is 5.92 Å². The van der Waals surface area contributed by atoms with E-state index in [0.717, 1.165) is 24.3 Å². The molecule has 3 aromatic rings. The fourth-order valence-electron chi connectivity index (χ4n) is 5.69. The first-order chi connectivity index (χ1) is 15.8. The highest BCUT2D eigenvalue weighted by atomic mass is 35.5. The van der Waals surface area contributed by atoms with Gasteiger partial charge in [0.05, 0.1) is 17.7 Å². The summed E-state index contributed by atoms with van der Waals surface area (Å²) in [6.45, 7) is 3.62. The van der Waals surface area contributed by atoms with Crippen LogP contribution in [0.1, 0.15) is 66.1 Å². The molecule has 2 aliphatic rings. The normalized spacial score (nSPS) is 19.3. The van der Waals surface area contributed by atoms with Crippen molar-refractivity contribution in [3.63, 3.8) is 0 Å². The summed E-state index contributed by atoms with van der Waals surface area (Å²) < 4.78 is 0. The molecule has 5 rings (SSSR count). The van der Waals surface area contributed by atoms with Crippen LogP contribution in [-0.2, 0) is 19.3 Å². The van der Waals surface area contributed by atoms with Crippen molar-refractivity contribution < 1.29 is 0 Å². The lowest BCUT2D eigenvalue weighted by atomic mass is 9.76. The standard InChI is InChI=1S/C27H33ClN4/c28-23-9-10-25-22(17-23)8-7-21-5-4-13-30-27(21)26(25)20-11-15-32(16-12-20)14-3-1-2-6-24-18-29-19-31-24/h4-5,9-10,13,17-20,26H,1-3,6-8,11-12,14-16H2,(H,29,31). The van der Waals surface area contributed by atoms with E-state index in [1.165, 1.54) is 79.8 Å². The molecular formula is C27H33ClN4. The van der Waals surface area contributed by atoms with Crippen molar-refractivity contribution >= 4 is 11.6 Å². The number of pyridine rings is 1. The van der Waals surface area contributed by atoms with E-state index in [0.29, 0.717) is 11.8 Å². The number of halogens is 1. The van der Waals surface area contributed by atoms with E-state index in [2.05, 4.69) is 45.2 Å². The van der Waals surface area contributed by atoms with Crippen LogP contribution in [0.3, 0.4) is 0 Å². The first-order valence-corrected chi connectivity index (χ1v) is 12.6. The third kappa shape index (κ3) is 4.92. The monoisotopic (exact) mass is 448 g/mol. The molecule has 4 nitrogen and oxygen atoms in total. The molecule has 0 radical (unpaired) electrons. The van der Waals surface area contributed by atoms with Crippen molar-refractivity contribution in [3.8, 4) is 0 Å². The molecule has 0 amide bonds. The number of imidazole rings is 1. The molecule has 1 aliphatic heterocycles. The van der Waals surface area contributed by atoms with Crippen molar-refractivity contribution in [1.82, 2.24) is 19.9 Å². The number of aromatic nitrogens is 3. The summed E-state index contributed by atoms with van der Waals surface area (Å²) in [5.74, 6) is 1.05. The second kappa shape index (κ2) is 10.2. The Hall–Kier alpha value is -2.17. The molecule has 168 valence electrons. The number of aryl methyl sites for hydroxylation is 3. The molecule has 1 fully saturated rings. The van der Waals surface area contributed by atoms with Gasteiger partial charge in [-0.2, -0.15) is 0 Å². The molecule has 1 N–H and O–H groups in total. The molecule has 1 aliphatic carbocycles. The number of likely N-dealkylation sites (tertiary alicyclic amines) is 1. The van der Waals surface area contributed by atoms with Crippen molar-refractivity contribution in [2.45, 2.75) is 57.3 Å². The van der Waals surface area contributed by atoms with E-state index in [1.54, 1.807) is 6.33 Å². The summed E-state index contributed by atoms with van der Waals surface area (Å²) in [4.78, 5) is 14.9. The third-order valence-electron chi connectivity index (χ3n) is 7.39. The van der Waals surface area contributed by atoms with Crippen LogP contribution in [0.4, 0.5) is 0 Å². The van der Waals surface area contributed by atoms with E-state index >= 15 is 0 Å². The minimum Gasteiger partial charge on any atom is -0.351 e. The summed E-state index contributed by atoms with van der Waals surface area (Å²) in [5.41, 5.74) is 6.79. The number of nitrogens with one attached hydrogen (secondary N) is 1. The Labute approximate surface area is 196 Å². The van der Waals surface area contributed by atoms with Gasteiger partial charge >= 0.3 is 0 Å². The van der Waals surface area contributed by atoms with E-state index in [-0.39, 0.29) is 0 Å². The largest absolute Gasteiger partial charge is 0.351 e. The number of hydrogen-bond acceptors (Lipinski definition) is 3. The maximum absolute atomic E-state index is 6.37. The molecule has 1 unspecified atom stereocenters. The van der Waals surface area contributed by atoms with Gasteiger partial charge in [-0.25, -0.2) is 4.98 Å².